The van der Waals surface area contributed by atoms with E-state index >= 15 is 0 Å². The predicted molar refractivity (Wildman–Crippen MR) is 95.0 cm³/mol. The Hall–Kier alpha value is -1.72. The van der Waals surface area contributed by atoms with Gasteiger partial charge in [0.25, 0.3) is 0 Å². The van der Waals surface area contributed by atoms with E-state index < -0.39 is 0 Å². The summed E-state index contributed by atoms with van der Waals surface area (Å²) in [5, 5.41) is 3.43. The molecule has 1 aliphatic rings. The number of nitrogens with two attached hydrogens (primary N) is 2. The second-order valence-electron chi connectivity index (χ2n) is 6.08. The van der Waals surface area contributed by atoms with E-state index in [1.54, 1.807) is 0 Å². The Bertz CT molecular complexity index is 553. The number of rotatable bonds is 5. The summed E-state index contributed by atoms with van der Waals surface area (Å²) in [6.45, 7) is 5.37. The van der Waals surface area contributed by atoms with Gasteiger partial charge >= 0.3 is 0 Å². The summed E-state index contributed by atoms with van der Waals surface area (Å²) in [4.78, 5) is 2.55. The Kier molecular flexibility index (Phi) is 5.41. The lowest BCUT2D eigenvalue weighted by Crippen LogP contribution is -2.45. The lowest BCUT2D eigenvalue weighted by Gasteiger charge is -2.35. The van der Waals surface area contributed by atoms with Crippen molar-refractivity contribution in [2.75, 3.05) is 26.2 Å². The molecule has 122 valence electrons. The van der Waals surface area contributed by atoms with E-state index in [-0.39, 0.29) is 6.04 Å². The van der Waals surface area contributed by atoms with Crippen molar-refractivity contribution in [3.63, 3.8) is 0 Å². The molecule has 2 aromatic carbocycles. The molecule has 0 unspecified atom stereocenters. The molecule has 4 heteroatoms. The highest BCUT2D eigenvalue weighted by Gasteiger charge is 2.23. The first kappa shape index (κ1) is 16.1. The molecule has 0 spiro atoms. The van der Waals surface area contributed by atoms with Crippen LogP contribution >= 0.6 is 0 Å². The number of hydrogen-bond acceptors (Lipinski definition) is 4. The zero-order valence-corrected chi connectivity index (χ0v) is 13.5. The van der Waals surface area contributed by atoms with Crippen LogP contribution in [0, 0.1) is 0 Å². The van der Waals surface area contributed by atoms with Gasteiger partial charge in [0.15, 0.2) is 0 Å². The highest BCUT2D eigenvalue weighted by Crippen LogP contribution is 2.29. The van der Waals surface area contributed by atoms with Gasteiger partial charge in [-0.2, -0.15) is 0 Å². The Morgan fingerprint density at radius 1 is 0.783 bits per heavy atom. The molecule has 0 aromatic heterocycles. The van der Waals surface area contributed by atoms with Crippen molar-refractivity contribution in [3.05, 3.63) is 70.8 Å². The third kappa shape index (κ3) is 3.79. The van der Waals surface area contributed by atoms with Crippen molar-refractivity contribution in [1.82, 2.24) is 10.2 Å². The summed E-state index contributed by atoms with van der Waals surface area (Å²) in [6, 6.07) is 17.7. The first-order valence-corrected chi connectivity index (χ1v) is 8.34. The summed E-state index contributed by atoms with van der Waals surface area (Å²) in [5.41, 5.74) is 16.5. The van der Waals surface area contributed by atoms with Gasteiger partial charge in [0.1, 0.15) is 0 Å². The van der Waals surface area contributed by atoms with Gasteiger partial charge in [0.2, 0.25) is 0 Å². The minimum Gasteiger partial charge on any atom is -0.326 e. The molecule has 23 heavy (non-hydrogen) atoms. The summed E-state index contributed by atoms with van der Waals surface area (Å²) in [5.74, 6) is 0. The number of nitrogens with one attached hydrogen (secondary N) is 1. The zero-order valence-electron chi connectivity index (χ0n) is 13.5. The van der Waals surface area contributed by atoms with Crippen molar-refractivity contribution in [2.24, 2.45) is 11.5 Å². The molecule has 0 amide bonds. The van der Waals surface area contributed by atoms with Gasteiger partial charge in [-0.25, -0.2) is 0 Å². The van der Waals surface area contributed by atoms with E-state index in [0.29, 0.717) is 13.1 Å². The maximum absolute atomic E-state index is 5.73. The van der Waals surface area contributed by atoms with Gasteiger partial charge < -0.3 is 16.8 Å². The lowest BCUT2D eigenvalue weighted by atomic mass is 9.95. The van der Waals surface area contributed by atoms with Crippen LogP contribution in [0.15, 0.2) is 48.5 Å². The smallest absolute Gasteiger partial charge is 0.0602 e. The van der Waals surface area contributed by atoms with E-state index in [0.717, 1.165) is 26.2 Å². The average molecular weight is 310 g/mol. The van der Waals surface area contributed by atoms with Crippen LogP contribution < -0.4 is 16.8 Å². The van der Waals surface area contributed by atoms with E-state index in [2.05, 4.69) is 58.7 Å². The van der Waals surface area contributed by atoms with Crippen LogP contribution in [0.25, 0.3) is 0 Å². The van der Waals surface area contributed by atoms with Gasteiger partial charge in [0.05, 0.1) is 6.04 Å². The summed E-state index contributed by atoms with van der Waals surface area (Å²) in [7, 11) is 0. The average Bonchev–Trinajstić information content (AvgIpc) is 2.64. The molecular formula is C19H26N4. The number of nitrogens with zero attached hydrogens (tertiary/aromatic N) is 1. The topological polar surface area (TPSA) is 67.3 Å². The van der Waals surface area contributed by atoms with Crippen LogP contribution in [0.5, 0.6) is 0 Å². The fourth-order valence-electron chi connectivity index (χ4n) is 3.23. The highest BCUT2D eigenvalue weighted by atomic mass is 15.2. The van der Waals surface area contributed by atoms with Crippen LogP contribution in [0.3, 0.4) is 0 Å². The number of benzene rings is 2. The molecular weight excluding hydrogens is 284 g/mol. The summed E-state index contributed by atoms with van der Waals surface area (Å²) in [6.07, 6.45) is 0. The van der Waals surface area contributed by atoms with Crippen molar-refractivity contribution in [1.29, 1.82) is 0 Å². The highest BCUT2D eigenvalue weighted by molar-refractivity contribution is 5.35. The molecule has 0 saturated carbocycles. The second-order valence-corrected chi connectivity index (χ2v) is 6.08. The SMILES string of the molecule is NCc1ccc(C(c2ccc(CN)cc2)N2CCNCC2)cc1. The van der Waals surface area contributed by atoms with Gasteiger partial charge in [-0.05, 0) is 22.3 Å². The molecule has 3 rings (SSSR count). The fraction of sp³-hybridized carbons (Fsp3) is 0.368. The molecule has 1 saturated heterocycles. The molecule has 1 fully saturated rings. The fourth-order valence-corrected chi connectivity index (χ4v) is 3.23. The Balaban J connectivity index is 1.93. The largest absolute Gasteiger partial charge is 0.326 e. The van der Waals surface area contributed by atoms with E-state index in [9.17, 15) is 0 Å². The quantitative estimate of drug-likeness (QED) is 0.785. The minimum atomic E-state index is 0.288. The van der Waals surface area contributed by atoms with E-state index in [1.807, 2.05) is 0 Å². The molecule has 0 aliphatic carbocycles. The minimum absolute atomic E-state index is 0.288. The molecule has 0 bridgehead atoms. The standard InChI is InChI=1S/C19H26N4/c20-13-15-1-5-17(6-2-15)19(23-11-9-22-10-12-23)18-7-3-16(14-21)4-8-18/h1-8,19,22H,9-14,20-21H2. The second kappa shape index (κ2) is 7.70. The van der Waals surface area contributed by atoms with Crippen molar-refractivity contribution in [3.8, 4) is 0 Å². The van der Waals surface area contributed by atoms with Crippen LogP contribution in [0.4, 0.5) is 0 Å². The van der Waals surface area contributed by atoms with Gasteiger partial charge in [0, 0.05) is 39.3 Å². The van der Waals surface area contributed by atoms with Crippen LogP contribution in [0.1, 0.15) is 28.3 Å². The number of hydrogen-bond donors (Lipinski definition) is 3. The molecule has 1 aliphatic heterocycles. The summed E-state index contributed by atoms with van der Waals surface area (Å²) < 4.78 is 0. The van der Waals surface area contributed by atoms with Crippen LogP contribution in [-0.2, 0) is 13.1 Å². The monoisotopic (exact) mass is 310 g/mol. The van der Waals surface area contributed by atoms with E-state index in [1.165, 1.54) is 22.3 Å². The first-order chi connectivity index (χ1) is 11.3. The molecule has 2 aromatic rings. The Morgan fingerprint density at radius 3 is 1.61 bits per heavy atom. The van der Waals surface area contributed by atoms with Gasteiger partial charge in [-0.1, -0.05) is 48.5 Å². The maximum atomic E-state index is 5.73. The summed E-state index contributed by atoms with van der Waals surface area (Å²) >= 11 is 0. The van der Waals surface area contributed by atoms with Gasteiger partial charge in [-0.3, -0.25) is 4.90 Å². The Labute approximate surface area is 138 Å². The third-order valence-electron chi connectivity index (χ3n) is 4.58. The van der Waals surface area contributed by atoms with Crippen LogP contribution in [0.2, 0.25) is 0 Å². The normalized spacial score (nSPS) is 16.0. The molecule has 1 heterocycles. The zero-order chi connectivity index (χ0) is 16.1. The van der Waals surface area contributed by atoms with Crippen molar-refractivity contribution in [2.45, 2.75) is 19.1 Å². The molecule has 0 radical (unpaired) electrons. The maximum Gasteiger partial charge on any atom is 0.0602 e. The lowest BCUT2D eigenvalue weighted by molar-refractivity contribution is 0.198. The number of piperazine rings is 1. The van der Waals surface area contributed by atoms with Crippen molar-refractivity contribution < 1.29 is 0 Å². The Morgan fingerprint density at radius 2 is 1.22 bits per heavy atom. The third-order valence-corrected chi connectivity index (χ3v) is 4.58. The molecule has 5 N–H and O–H groups in total. The van der Waals surface area contributed by atoms with E-state index in [4.69, 9.17) is 11.5 Å². The van der Waals surface area contributed by atoms with Gasteiger partial charge in [-0.15, -0.1) is 0 Å². The first-order valence-electron chi connectivity index (χ1n) is 8.34. The van der Waals surface area contributed by atoms with Crippen molar-refractivity contribution >= 4 is 0 Å². The predicted octanol–water partition coefficient (Wildman–Crippen LogP) is 1.60. The van der Waals surface area contributed by atoms with Crippen LogP contribution in [-0.4, -0.2) is 31.1 Å². The molecule has 0 atom stereocenters. The molecule has 4 nitrogen and oxygen atoms in total.